The maximum absolute atomic E-state index is 12.3. The van der Waals surface area contributed by atoms with Gasteiger partial charge in [-0.05, 0) is 32.0 Å². The molecule has 3 aromatic rings. The number of hydrogen-bond donors (Lipinski definition) is 1. The summed E-state index contributed by atoms with van der Waals surface area (Å²) in [7, 11) is 0. The zero-order valence-electron chi connectivity index (χ0n) is 15.0. The fourth-order valence-electron chi connectivity index (χ4n) is 2.47. The molecule has 0 aliphatic rings. The van der Waals surface area contributed by atoms with E-state index in [-0.39, 0.29) is 28.1 Å². The van der Waals surface area contributed by atoms with Crippen LogP contribution in [0, 0.1) is 24.0 Å². The Morgan fingerprint density at radius 2 is 1.93 bits per heavy atom. The minimum absolute atomic E-state index is 0.0447. The average Bonchev–Trinajstić information content (AvgIpc) is 3.03. The molecule has 28 heavy (non-hydrogen) atoms. The SMILES string of the molecule is Cc1ccc(-n2c(C)nnc2SCC(=O)Nc2cc([N+](=O)[O-])ccc2Cl)cc1. The number of non-ortho nitro benzene ring substituents is 1. The summed E-state index contributed by atoms with van der Waals surface area (Å²) >= 11 is 7.22. The van der Waals surface area contributed by atoms with Gasteiger partial charge in [-0.3, -0.25) is 19.5 Å². The van der Waals surface area contributed by atoms with Crippen molar-refractivity contribution in [3.63, 3.8) is 0 Å². The molecule has 0 aliphatic heterocycles. The van der Waals surface area contributed by atoms with E-state index in [2.05, 4.69) is 15.5 Å². The highest BCUT2D eigenvalue weighted by Crippen LogP contribution is 2.27. The van der Waals surface area contributed by atoms with E-state index in [1.807, 2.05) is 42.7 Å². The minimum atomic E-state index is -0.548. The Bertz CT molecular complexity index is 1040. The molecule has 0 unspecified atom stereocenters. The highest BCUT2D eigenvalue weighted by molar-refractivity contribution is 7.99. The molecule has 0 aliphatic carbocycles. The maximum Gasteiger partial charge on any atom is 0.271 e. The molecule has 144 valence electrons. The lowest BCUT2D eigenvalue weighted by molar-refractivity contribution is -0.384. The Kier molecular flexibility index (Phi) is 5.96. The molecule has 8 nitrogen and oxygen atoms in total. The lowest BCUT2D eigenvalue weighted by Gasteiger charge is -2.09. The number of anilines is 1. The minimum Gasteiger partial charge on any atom is -0.324 e. The smallest absolute Gasteiger partial charge is 0.271 e. The number of aromatic nitrogens is 3. The third-order valence-corrected chi connectivity index (χ3v) is 5.11. The molecule has 0 spiro atoms. The highest BCUT2D eigenvalue weighted by atomic mass is 35.5. The van der Waals surface area contributed by atoms with Crippen LogP contribution in [0.5, 0.6) is 0 Å². The average molecular weight is 418 g/mol. The summed E-state index contributed by atoms with van der Waals surface area (Å²) in [4.78, 5) is 22.6. The van der Waals surface area contributed by atoms with Crippen molar-refractivity contribution >= 4 is 40.6 Å². The quantitative estimate of drug-likeness (QED) is 0.366. The molecule has 0 fully saturated rings. The molecule has 1 aromatic heterocycles. The number of aryl methyl sites for hydroxylation is 2. The molecule has 0 atom stereocenters. The van der Waals surface area contributed by atoms with Gasteiger partial charge in [0.1, 0.15) is 5.82 Å². The van der Waals surface area contributed by atoms with Gasteiger partial charge in [0.05, 0.1) is 21.4 Å². The van der Waals surface area contributed by atoms with E-state index in [1.54, 1.807) is 0 Å². The van der Waals surface area contributed by atoms with E-state index in [0.717, 1.165) is 11.3 Å². The van der Waals surface area contributed by atoms with E-state index in [4.69, 9.17) is 11.6 Å². The molecule has 0 radical (unpaired) electrons. The number of nitrogens with one attached hydrogen (secondary N) is 1. The van der Waals surface area contributed by atoms with Gasteiger partial charge in [0.15, 0.2) is 5.16 Å². The van der Waals surface area contributed by atoms with E-state index in [0.29, 0.717) is 11.0 Å². The Balaban J connectivity index is 1.72. The zero-order chi connectivity index (χ0) is 20.3. The Morgan fingerprint density at radius 1 is 1.21 bits per heavy atom. The van der Waals surface area contributed by atoms with Crippen molar-refractivity contribution in [1.82, 2.24) is 14.8 Å². The Hall–Kier alpha value is -2.91. The van der Waals surface area contributed by atoms with Crippen molar-refractivity contribution in [2.45, 2.75) is 19.0 Å². The van der Waals surface area contributed by atoms with Crippen LogP contribution in [0.15, 0.2) is 47.6 Å². The Morgan fingerprint density at radius 3 is 2.61 bits per heavy atom. The number of nitrogens with zero attached hydrogens (tertiary/aromatic N) is 4. The maximum atomic E-state index is 12.3. The number of carbonyl (C=O) groups excluding carboxylic acids is 1. The van der Waals surface area contributed by atoms with Crippen LogP contribution in [0.3, 0.4) is 0 Å². The molecule has 1 amide bonds. The monoisotopic (exact) mass is 417 g/mol. The zero-order valence-corrected chi connectivity index (χ0v) is 16.6. The second kappa shape index (κ2) is 8.41. The molecule has 0 bridgehead atoms. The fraction of sp³-hybridized carbons (Fsp3) is 0.167. The molecular formula is C18H16ClN5O3S. The van der Waals surface area contributed by atoms with E-state index < -0.39 is 4.92 Å². The van der Waals surface area contributed by atoms with Gasteiger partial charge in [-0.1, -0.05) is 41.1 Å². The molecule has 2 aromatic carbocycles. The van der Waals surface area contributed by atoms with Gasteiger partial charge in [-0.25, -0.2) is 0 Å². The third kappa shape index (κ3) is 4.49. The molecule has 0 saturated heterocycles. The number of thioether (sulfide) groups is 1. The van der Waals surface area contributed by atoms with Crippen molar-refractivity contribution < 1.29 is 9.72 Å². The first-order valence-electron chi connectivity index (χ1n) is 8.21. The van der Waals surface area contributed by atoms with Crippen LogP contribution in [0.1, 0.15) is 11.4 Å². The predicted molar refractivity (Wildman–Crippen MR) is 108 cm³/mol. The van der Waals surface area contributed by atoms with Gasteiger partial charge in [0.25, 0.3) is 5.69 Å². The van der Waals surface area contributed by atoms with Crippen molar-refractivity contribution in [2.75, 3.05) is 11.1 Å². The van der Waals surface area contributed by atoms with Gasteiger partial charge in [0.2, 0.25) is 5.91 Å². The number of hydrogen-bond acceptors (Lipinski definition) is 6. The van der Waals surface area contributed by atoms with Crippen LogP contribution in [0.4, 0.5) is 11.4 Å². The molecule has 3 rings (SSSR count). The number of amides is 1. The van der Waals surface area contributed by atoms with Gasteiger partial charge < -0.3 is 5.32 Å². The highest BCUT2D eigenvalue weighted by Gasteiger charge is 2.15. The normalized spacial score (nSPS) is 10.7. The number of nitro benzene ring substituents is 1. The van der Waals surface area contributed by atoms with Crippen molar-refractivity contribution in [3.8, 4) is 5.69 Å². The van der Waals surface area contributed by atoms with Gasteiger partial charge in [-0.2, -0.15) is 0 Å². The lowest BCUT2D eigenvalue weighted by Crippen LogP contribution is -2.15. The number of rotatable bonds is 6. The van der Waals surface area contributed by atoms with Crippen molar-refractivity contribution in [1.29, 1.82) is 0 Å². The van der Waals surface area contributed by atoms with Crippen LogP contribution >= 0.6 is 23.4 Å². The van der Waals surface area contributed by atoms with Crippen molar-refractivity contribution in [2.24, 2.45) is 0 Å². The first-order valence-corrected chi connectivity index (χ1v) is 9.57. The summed E-state index contributed by atoms with van der Waals surface area (Å²) in [6.07, 6.45) is 0. The Labute approximate surface area is 170 Å². The second-order valence-corrected chi connectivity index (χ2v) is 7.31. The molecule has 10 heteroatoms. The third-order valence-electron chi connectivity index (χ3n) is 3.85. The number of nitro groups is 1. The van der Waals surface area contributed by atoms with E-state index in [1.165, 1.54) is 30.0 Å². The first-order chi connectivity index (χ1) is 13.3. The second-order valence-electron chi connectivity index (χ2n) is 5.96. The molecule has 0 saturated carbocycles. The molecule has 1 N–H and O–H groups in total. The van der Waals surface area contributed by atoms with Crippen LogP contribution < -0.4 is 5.32 Å². The lowest BCUT2D eigenvalue weighted by atomic mass is 10.2. The van der Waals surface area contributed by atoms with Crippen LogP contribution in [0.2, 0.25) is 5.02 Å². The summed E-state index contributed by atoms with van der Waals surface area (Å²) in [5.74, 6) is 0.389. The number of carbonyl (C=O) groups is 1. The van der Waals surface area contributed by atoms with Gasteiger partial charge in [0, 0.05) is 17.8 Å². The summed E-state index contributed by atoms with van der Waals surface area (Å²) in [6, 6.07) is 11.8. The van der Waals surface area contributed by atoms with Crippen molar-refractivity contribution in [3.05, 3.63) is 69.0 Å². The molecule has 1 heterocycles. The van der Waals surface area contributed by atoms with E-state index >= 15 is 0 Å². The van der Waals surface area contributed by atoms with Gasteiger partial charge in [-0.15, -0.1) is 10.2 Å². The summed E-state index contributed by atoms with van der Waals surface area (Å²) in [5.41, 5.74) is 2.08. The first kappa shape index (κ1) is 19.8. The predicted octanol–water partition coefficient (Wildman–Crippen LogP) is 4.18. The molecular weight excluding hydrogens is 402 g/mol. The standard InChI is InChI=1S/C18H16ClN5O3S/c1-11-3-5-13(6-4-11)23-12(2)21-22-18(23)28-10-17(25)20-16-9-14(24(26)27)7-8-15(16)19/h3-9H,10H2,1-2H3,(H,20,25). The van der Waals surface area contributed by atoms with Crippen LogP contribution in [-0.2, 0) is 4.79 Å². The largest absolute Gasteiger partial charge is 0.324 e. The topological polar surface area (TPSA) is 103 Å². The summed E-state index contributed by atoms with van der Waals surface area (Å²) in [6.45, 7) is 3.84. The fourth-order valence-corrected chi connectivity index (χ4v) is 3.43. The van der Waals surface area contributed by atoms with Gasteiger partial charge >= 0.3 is 0 Å². The van der Waals surface area contributed by atoms with Crippen LogP contribution in [0.25, 0.3) is 5.69 Å². The van der Waals surface area contributed by atoms with Crippen LogP contribution in [-0.4, -0.2) is 31.3 Å². The number of halogens is 1. The number of benzene rings is 2. The van der Waals surface area contributed by atoms with E-state index in [9.17, 15) is 14.9 Å². The summed E-state index contributed by atoms with van der Waals surface area (Å²) < 4.78 is 1.86. The summed E-state index contributed by atoms with van der Waals surface area (Å²) in [5, 5.41) is 22.5.